The molecule has 0 bridgehead atoms. The number of para-hydroxylation sites is 1. The van der Waals surface area contributed by atoms with Crippen molar-refractivity contribution in [3.05, 3.63) is 48.0 Å². The van der Waals surface area contributed by atoms with Crippen molar-refractivity contribution in [1.29, 1.82) is 0 Å². The Bertz CT molecular complexity index is 1560. The quantitative estimate of drug-likeness (QED) is 0.372. The predicted octanol–water partition coefficient (Wildman–Crippen LogP) is 4.33. The van der Waals surface area contributed by atoms with Crippen LogP contribution in [0.3, 0.4) is 0 Å². The molecule has 1 aliphatic rings. The number of aliphatic hydroxyl groups excluding tert-OH is 1. The summed E-state index contributed by atoms with van der Waals surface area (Å²) < 4.78 is 15.2. The second kappa shape index (κ2) is 10.8. The number of rotatable bonds is 6. The van der Waals surface area contributed by atoms with Crippen LogP contribution in [0.1, 0.15) is 44.0 Å². The third-order valence-corrected chi connectivity index (χ3v) is 7.19. The number of nitrogens with zero attached hydrogens (tertiary/aromatic N) is 4. The molecular formula is C30H37N5O5. The van der Waals surface area contributed by atoms with Crippen LogP contribution in [0.5, 0.6) is 5.75 Å². The number of imidazole rings is 1. The molecule has 1 atom stereocenters. The minimum atomic E-state index is -0.589. The predicted molar refractivity (Wildman–Crippen MR) is 154 cm³/mol. The Kier molecular flexibility index (Phi) is 7.46. The normalized spacial score (nSPS) is 15.9. The number of aliphatic hydroxyl groups is 1. The van der Waals surface area contributed by atoms with Crippen LogP contribution in [-0.2, 0) is 18.3 Å². The third kappa shape index (κ3) is 5.36. The van der Waals surface area contributed by atoms with Crippen LogP contribution in [0.4, 0.5) is 4.79 Å². The van der Waals surface area contributed by atoms with Crippen LogP contribution in [0.2, 0.25) is 0 Å². The van der Waals surface area contributed by atoms with E-state index in [1.807, 2.05) is 56.7 Å². The Morgan fingerprint density at radius 1 is 1.18 bits per heavy atom. The number of aromatic nitrogens is 3. The van der Waals surface area contributed by atoms with E-state index in [4.69, 9.17) is 14.5 Å². The number of methoxy groups -OCH3 is 1. The summed E-state index contributed by atoms with van der Waals surface area (Å²) in [5.41, 5.74) is 3.19. The summed E-state index contributed by atoms with van der Waals surface area (Å²) in [5.74, 6) is 1.12. The van der Waals surface area contributed by atoms with Crippen molar-refractivity contribution in [3.63, 3.8) is 0 Å². The van der Waals surface area contributed by atoms with Gasteiger partial charge in [-0.05, 0) is 57.9 Å². The number of amides is 2. The zero-order chi connectivity index (χ0) is 28.6. The average Bonchev–Trinajstić information content (AvgIpc) is 3.44. The van der Waals surface area contributed by atoms with Crippen LogP contribution in [0, 0.1) is 0 Å². The van der Waals surface area contributed by atoms with Crippen molar-refractivity contribution in [2.75, 3.05) is 26.8 Å². The van der Waals surface area contributed by atoms with Gasteiger partial charge in [-0.1, -0.05) is 18.2 Å². The largest absolute Gasteiger partial charge is 0.494 e. The van der Waals surface area contributed by atoms with Gasteiger partial charge in [0.05, 0.1) is 24.9 Å². The van der Waals surface area contributed by atoms with Gasteiger partial charge in [0.1, 0.15) is 16.9 Å². The molecule has 0 aliphatic carbocycles. The van der Waals surface area contributed by atoms with Crippen molar-refractivity contribution >= 4 is 33.9 Å². The van der Waals surface area contributed by atoms with Gasteiger partial charge in [0.25, 0.3) is 5.91 Å². The van der Waals surface area contributed by atoms with Gasteiger partial charge in [-0.25, -0.2) is 9.78 Å². The Morgan fingerprint density at radius 3 is 2.67 bits per heavy atom. The van der Waals surface area contributed by atoms with Crippen molar-refractivity contribution in [1.82, 2.24) is 24.3 Å². The van der Waals surface area contributed by atoms with Crippen molar-refractivity contribution < 1.29 is 24.2 Å². The molecule has 212 valence electrons. The molecule has 2 amide bonds. The molecule has 0 radical (unpaired) electrons. The first-order valence-electron chi connectivity index (χ1n) is 13.6. The number of likely N-dealkylation sites (tertiary alicyclic amines) is 1. The molecule has 3 heterocycles. The number of nitrogens with one attached hydrogen (secondary N) is 1. The molecule has 0 unspecified atom stereocenters. The number of ether oxygens (including phenoxy) is 2. The Morgan fingerprint density at radius 2 is 1.95 bits per heavy atom. The third-order valence-electron chi connectivity index (χ3n) is 7.19. The monoisotopic (exact) mass is 547 g/mol. The van der Waals surface area contributed by atoms with Gasteiger partial charge in [-0.3, -0.25) is 4.79 Å². The van der Waals surface area contributed by atoms with Gasteiger partial charge in [0, 0.05) is 49.2 Å². The highest BCUT2D eigenvalue weighted by Crippen LogP contribution is 2.34. The van der Waals surface area contributed by atoms with E-state index in [-0.39, 0.29) is 18.6 Å². The van der Waals surface area contributed by atoms with E-state index in [9.17, 15) is 14.7 Å². The highest BCUT2D eigenvalue weighted by atomic mass is 16.6. The Labute approximate surface area is 233 Å². The van der Waals surface area contributed by atoms with Gasteiger partial charge < -0.3 is 33.9 Å². The number of aryl methyl sites for hydroxylation is 1. The molecule has 1 saturated heterocycles. The first-order chi connectivity index (χ1) is 19.1. The molecule has 2 N–H and O–H groups in total. The Balaban J connectivity index is 1.46. The summed E-state index contributed by atoms with van der Waals surface area (Å²) in [6.45, 7) is 6.89. The van der Waals surface area contributed by atoms with Gasteiger partial charge in [-0.2, -0.15) is 0 Å². The Hall–Kier alpha value is -4.05. The van der Waals surface area contributed by atoms with Crippen molar-refractivity contribution in [2.24, 2.45) is 7.05 Å². The van der Waals surface area contributed by atoms with Gasteiger partial charge in [-0.15, -0.1) is 0 Å². The van der Waals surface area contributed by atoms with Crippen molar-refractivity contribution in [3.8, 4) is 17.3 Å². The highest BCUT2D eigenvalue weighted by Gasteiger charge is 2.28. The summed E-state index contributed by atoms with van der Waals surface area (Å²) in [4.78, 5) is 32.6. The van der Waals surface area contributed by atoms with E-state index >= 15 is 0 Å². The van der Waals surface area contributed by atoms with E-state index in [2.05, 4.69) is 16.0 Å². The van der Waals surface area contributed by atoms with Gasteiger partial charge >= 0.3 is 6.09 Å². The SMILES string of the molecule is COc1cc(C(=O)N2CCC[C@@H](NC(=O)OC(C)(C)C)C2)cc2nc(-c3cc4ccccc4n3CCO)n(C)c12. The summed E-state index contributed by atoms with van der Waals surface area (Å²) in [6, 6.07) is 13.5. The summed E-state index contributed by atoms with van der Waals surface area (Å²) in [5, 5.41) is 13.7. The molecule has 1 fully saturated rings. The van der Waals surface area contributed by atoms with E-state index in [1.165, 1.54) is 0 Å². The molecule has 10 heteroatoms. The number of carbonyl (C=O) groups is 2. The second-order valence-electron chi connectivity index (χ2n) is 11.2. The number of hydrogen-bond acceptors (Lipinski definition) is 6. The van der Waals surface area contributed by atoms with E-state index in [0.29, 0.717) is 42.3 Å². The number of fused-ring (bicyclic) bond motifs is 2. The lowest BCUT2D eigenvalue weighted by atomic mass is 10.0. The second-order valence-corrected chi connectivity index (χ2v) is 11.2. The van der Waals surface area contributed by atoms with Crippen LogP contribution >= 0.6 is 0 Å². The lowest BCUT2D eigenvalue weighted by molar-refractivity contribution is 0.0452. The molecule has 40 heavy (non-hydrogen) atoms. The molecule has 10 nitrogen and oxygen atoms in total. The molecule has 0 spiro atoms. The summed E-state index contributed by atoms with van der Waals surface area (Å²) in [6.07, 6.45) is 1.07. The van der Waals surface area contributed by atoms with Gasteiger partial charge in [0.2, 0.25) is 0 Å². The lowest BCUT2D eigenvalue weighted by Gasteiger charge is -2.33. The zero-order valence-electron chi connectivity index (χ0n) is 23.7. The first-order valence-corrected chi connectivity index (χ1v) is 13.6. The molecule has 0 saturated carbocycles. The van der Waals surface area contributed by atoms with Crippen LogP contribution in [0.15, 0.2) is 42.5 Å². The maximum atomic E-state index is 13.7. The smallest absolute Gasteiger partial charge is 0.407 e. The molecule has 2 aromatic carbocycles. The number of alkyl carbamates (subject to hydrolysis) is 1. The van der Waals surface area contributed by atoms with Crippen LogP contribution in [0.25, 0.3) is 33.5 Å². The fraction of sp³-hybridized carbons (Fsp3) is 0.433. The summed E-state index contributed by atoms with van der Waals surface area (Å²) in [7, 11) is 3.51. The van der Waals surface area contributed by atoms with E-state index in [0.717, 1.165) is 35.0 Å². The minimum Gasteiger partial charge on any atom is -0.494 e. The molecule has 5 rings (SSSR count). The standard InChI is InChI=1S/C30H37N5O5/c1-30(2,3)40-29(38)31-21-10-8-12-34(18-21)28(37)20-15-22-26(25(17-20)39-5)33(4)27(32-22)24-16-19-9-6-7-11-23(19)35(24)13-14-36/h6-7,9,11,15-17,21,36H,8,10,12-14,18H2,1-5H3,(H,31,38)/t21-/m1/s1. The minimum absolute atomic E-state index is 0.00278. The van der Waals surface area contributed by atoms with Crippen molar-refractivity contribution in [2.45, 2.75) is 51.8 Å². The summed E-state index contributed by atoms with van der Waals surface area (Å²) >= 11 is 0. The maximum Gasteiger partial charge on any atom is 0.407 e. The van der Waals surface area contributed by atoms with Gasteiger partial charge in [0.15, 0.2) is 5.82 Å². The van der Waals surface area contributed by atoms with Crippen LogP contribution < -0.4 is 10.1 Å². The molecule has 4 aromatic rings. The van der Waals surface area contributed by atoms with E-state index in [1.54, 1.807) is 24.1 Å². The zero-order valence-corrected chi connectivity index (χ0v) is 23.7. The lowest BCUT2D eigenvalue weighted by Crippen LogP contribution is -2.50. The molecule has 1 aliphatic heterocycles. The maximum absolute atomic E-state index is 13.7. The molecular weight excluding hydrogens is 510 g/mol. The molecule has 2 aromatic heterocycles. The number of piperidine rings is 1. The number of hydrogen-bond donors (Lipinski definition) is 2. The van der Waals surface area contributed by atoms with Crippen LogP contribution in [-0.4, -0.2) is 74.6 Å². The number of benzene rings is 2. The fourth-order valence-corrected chi connectivity index (χ4v) is 5.49. The highest BCUT2D eigenvalue weighted by molar-refractivity contribution is 6.00. The average molecular weight is 548 g/mol. The van der Waals surface area contributed by atoms with E-state index < -0.39 is 11.7 Å². The fourth-order valence-electron chi connectivity index (χ4n) is 5.49. The topological polar surface area (TPSA) is 111 Å². The first kappa shape index (κ1) is 27.5. The number of carbonyl (C=O) groups excluding carboxylic acids is 2.